The second-order valence-corrected chi connectivity index (χ2v) is 6.13. The molecular weight excluding hydrogens is 295 g/mol. The van der Waals surface area contributed by atoms with Crippen molar-refractivity contribution >= 4 is 5.97 Å². The molecule has 1 heterocycles. The summed E-state index contributed by atoms with van der Waals surface area (Å²) in [5.41, 5.74) is 0.102. The third-order valence-corrected chi connectivity index (χ3v) is 4.31. The molecule has 0 bridgehead atoms. The van der Waals surface area contributed by atoms with Crippen molar-refractivity contribution in [3.8, 4) is 0 Å². The number of likely N-dealkylation sites (tertiary alicyclic amines) is 1. The summed E-state index contributed by atoms with van der Waals surface area (Å²) in [4.78, 5) is 13.2. The smallest absolute Gasteiger partial charge is 0.416 e. The van der Waals surface area contributed by atoms with E-state index in [1.54, 1.807) is 0 Å². The van der Waals surface area contributed by atoms with E-state index in [-0.39, 0.29) is 12.0 Å². The maximum Gasteiger partial charge on any atom is 0.416 e. The third kappa shape index (κ3) is 3.80. The van der Waals surface area contributed by atoms with Gasteiger partial charge in [0.25, 0.3) is 0 Å². The molecule has 122 valence electrons. The molecule has 3 unspecified atom stereocenters. The van der Waals surface area contributed by atoms with Crippen molar-refractivity contribution in [3.63, 3.8) is 0 Å². The number of hydrogen-bond acceptors (Lipinski definition) is 2. The SMILES string of the molecule is CC1CC(C(=O)O)CN(C(C)c2ccc(C(F)(F)F)cc2)C1. The zero-order chi connectivity index (χ0) is 16.5. The van der Waals surface area contributed by atoms with Crippen molar-refractivity contribution < 1.29 is 23.1 Å². The number of carboxylic acid groups (broad SMARTS) is 1. The first-order chi connectivity index (χ1) is 10.2. The molecule has 0 spiro atoms. The topological polar surface area (TPSA) is 40.5 Å². The Balaban J connectivity index is 2.13. The monoisotopic (exact) mass is 315 g/mol. The minimum Gasteiger partial charge on any atom is -0.481 e. The number of aliphatic carboxylic acids is 1. The molecule has 1 fully saturated rings. The summed E-state index contributed by atoms with van der Waals surface area (Å²) >= 11 is 0. The summed E-state index contributed by atoms with van der Waals surface area (Å²) in [7, 11) is 0. The molecule has 0 saturated carbocycles. The van der Waals surface area contributed by atoms with Gasteiger partial charge in [0, 0.05) is 19.1 Å². The molecule has 1 saturated heterocycles. The average molecular weight is 315 g/mol. The maximum absolute atomic E-state index is 12.6. The Hall–Kier alpha value is -1.56. The van der Waals surface area contributed by atoms with Gasteiger partial charge >= 0.3 is 12.1 Å². The van der Waals surface area contributed by atoms with Gasteiger partial charge in [0.2, 0.25) is 0 Å². The van der Waals surface area contributed by atoms with E-state index < -0.39 is 23.6 Å². The van der Waals surface area contributed by atoms with Crippen LogP contribution >= 0.6 is 0 Å². The number of carboxylic acids is 1. The molecule has 1 aliphatic rings. The normalized spacial score (nSPS) is 25.0. The molecule has 0 aromatic heterocycles. The van der Waals surface area contributed by atoms with Crippen molar-refractivity contribution in [3.05, 3.63) is 35.4 Å². The minimum atomic E-state index is -4.34. The molecule has 1 aromatic carbocycles. The molecule has 0 radical (unpaired) electrons. The number of piperidine rings is 1. The lowest BCUT2D eigenvalue weighted by Crippen LogP contribution is -2.43. The quantitative estimate of drug-likeness (QED) is 0.922. The average Bonchev–Trinajstić information content (AvgIpc) is 2.45. The van der Waals surface area contributed by atoms with Gasteiger partial charge < -0.3 is 5.11 Å². The predicted molar refractivity (Wildman–Crippen MR) is 76.3 cm³/mol. The molecule has 2 rings (SSSR count). The molecule has 1 N–H and O–H groups in total. The lowest BCUT2D eigenvalue weighted by Gasteiger charge is -2.38. The lowest BCUT2D eigenvalue weighted by atomic mass is 9.89. The number of hydrogen-bond donors (Lipinski definition) is 1. The summed E-state index contributed by atoms with van der Waals surface area (Å²) in [5.74, 6) is -0.969. The van der Waals surface area contributed by atoms with Crippen molar-refractivity contribution in [2.45, 2.75) is 32.5 Å². The fourth-order valence-corrected chi connectivity index (χ4v) is 3.05. The zero-order valence-electron chi connectivity index (χ0n) is 12.6. The summed E-state index contributed by atoms with van der Waals surface area (Å²) < 4.78 is 37.8. The largest absolute Gasteiger partial charge is 0.481 e. The molecular formula is C16H20F3NO2. The second kappa shape index (κ2) is 6.28. The van der Waals surface area contributed by atoms with Crippen molar-refractivity contribution in [1.29, 1.82) is 0 Å². The van der Waals surface area contributed by atoms with Crippen LogP contribution in [-0.4, -0.2) is 29.1 Å². The summed E-state index contributed by atoms with van der Waals surface area (Å²) in [6.07, 6.45) is -3.69. The molecule has 1 aliphatic heterocycles. The Bertz CT molecular complexity index is 527. The van der Waals surface area contributed by atoms with Gasteiger partial charge in [-0.3, -0.25) is 9.69 Å². The second-order valence-electron chi connectivity index (χ2n) is 6.13. The van der Waals surface area contributed by atoms with Gasteiger partial charge in [-0.2, -0.15) is 13.2 Å². The predicted octanol–water partition coefficient (Wildman–Crippen LogP) is 3.81. The van der Waals surface area contributed by atoms with Crippen molar-refractivity contribution in [1.82, 2.24) is 4.90 Å². The fraction of sp³-hybridized carbons (Fsp3) is 0.562. The van der Waals surface area contributed by atoms with E-state index in [1.165, 1.54) is 12.1 Å². The Morgan fingerprint density at radius 2 is 1.86 bits per heavy atom. The van der Waals surface area contributed by atoms with Crippen LogP contribution in [0.3, 0.4) is 0 Å². The molecule has 0 aliphatic carbocycles. The van der Waals surface area contributed by atoms with E-state index in [4.69, 9.17) is 0 Å². The first-order valence-corrected chi connectivity index (χ1v) is 7.32. The van der Waals surface area contributed by atoms with Crippen molar-refractivity contribution in [2.24, 2.45) is 11.8 Å². The van der Waals surface area contributed by atoms with Crippen molar-refractivity contribution in [2.75, 3.05) is 13.1 Å². The van der Waals surface area contributed by atoms with Gasteiger partial charge in [0.05, 0.1) is 11.5 Å². The molecule has 6 heteroatoms. The Kier molecular flexibility index (Phi) is 4.80. The van der Waals surface area contributed by atoms with Gasteiger partial charge in [-0.05, 0) is 37.0 Å². The number of carbonyl (C=O) groups is 1. The highest BCUT2D eigenvalue weighted by molar-refractivity contribution is 5.70. The summed E-state index contributed by atoms with van der Waals surface area (Å²) in [6, 6.07) is 5.00. The molecule has 22 heavy (non-hydrogen) atoms. The van der Waals surface area contributed by atoms with E-state index in [9.17, 15) is 23.1 Å². The van der Waals surface area contributed by atoms with Crippen LogP contribution in [0.1, 0.15) is 37.4 Å². The molecule has 3 nitrogen and oxygen atoms in total. The first-order valence-electron chi connectivity index (χ1n) is 7.32. The van der Waals surface area contributed by atoms with Gasteiger partial charge in [-0.15, -0.1) is 0 Å². The van der Waals surface area contributed by atoms with Gasteiger partial charge in [0.15, 0.2) is 0 Å². The highest BCUT2D eigenvalue weighted by Gasteiger charge is 2.33. The Morgan fingerprint density at radius 1 is 1.27 bits per heavy atom. The summed E-state index contributed by atoms with van der Waals surface area (Å²) in [6.45, 7) is 5.09. The first kappa shape index (κ1) is 16.8. The van der Waals surface area contributed by atoms with Crippen LogP contribution in [0.4, 0.5) is 13.2 Å². The van der Waals surface area contributed by atoms with E-state index >= 15 is 0 Å². The third-order valence-electron chi connectivity index (χ3n) is 4.31. The highest BCUT2D eigenvalue weighted by Crippen LogP contribution is 2.32. The van der Waals surface area contributed by atoms with Gasteiger partial charge in [-0.25, -0.2) is 0 Å². The van der Waals surface area contributed by atoms with Crippen LogP contribution in [0.25, 0.3) is 0 Å². The van der Waals surface area contributed by atoms with Crippen LogP contribution < -0.4 is 0 Å². The lowest BCUT2D eigenvalue weighted by molar-refractivity contribution is -0.144. The number of benzene rings is 1. The highest BCUT2D eigenvalue weighted by atomic mass is 19.4. The Labute approximate surface area is 127 Å². The van der Waals surface area contributed by atoms with Crippen LogP contribution in [0.5, 0.6) is 0 Å². The number of nitrogens with zero attached hydrogens (tertiary/aromatic N) is 1. The zero-order valence-corrected chi connectivity index (χ0v) is 12.6. The standard InChI is InChI=1S/C16H20F3NO2/c1-10-7-13(15(21)22)9-20(8-10)11(2)12-3-5-14(6-4-12)16(17,18)19/h3-6,10-11,13H,7-9H2,1-2H3,(H,21,22). The van der Waals surface area contributed by atoms with Gasteiger partial charge in [-0.1, -0.05) is 19.1 Å². The van der Waals surface area contributed by atoms with Gasteiger partial charge in [0.1, 0.15) is 0 Å². The minimum absolute atomic E-state index is 0.105. The van der Waals surface area contributed by atoms with E-state index in [2.05, 4.69) is 0 Å². The molecule has 0 amide bonds. The van der Waals surface area contributed by atoms with Crippen LogP contribution in [0, 0.1) is 11.8 Å². The molecule has 1 aromatic rings. The number of rotatable bonds is 3. The number of alkyl halides is 3. The van der Waals surface area contributed by atoms with Crippen LogP contribution in [0.2, 0.25) is 0 Å². The Morgan fingerprint density at radius 3 is 2.36 bits per heavy atom. The maximum atomic E-state index is 12.6. The summed E-state index contributed by atoms with van der Waals surface area (Å²) in [5, 5.41) is 9.20. The van der Waals surface area contributed by atoms with Crippen LogP contribution in [0.15, 0.2) is 24.3 Å². The molecule has 3 atom stereocenters. The van der Waals surface area contributed by atoms with Crippen LogP contribution in [-0.2, 0) is 11.0 Å². The van der Waals surface area contributed by atoms with E-state index in [0.29, 0.717) is 13.0 Å². The number of halogens is 3. The van der Waals surface area contributed by atoms with E-state index in [1.807, 2.05) is 18.7 Å². The van der Waals surface area contributed by atoms with E-state index in [0.717, 1.165) is 24.2 Å². The fourth-order valence-electron chi connectivity index (χ4n) is 3.05.